The van der Waals surface area contributed by atoms with Crippen LogP contribution in [0.4, 0.5) is 0 Å². The standard InChI is InChI=1S/C17H19NO/c1-18-17-10-6-14-11-13(5-9-16(14)17)12-3-7-15(19-2)8-4-12/h3-5,7-9,11,17-18H,6,10H2,1-2H3. The molecule has 1 aliphatic carbocycles. The topological polar surface area (TPSA) is 21.3 Å². The summed E-state index contributed by atoms with van der Waals surface area (Å²) >= 11 is 0. The first-order valence-corrected chi connectivity index (χ1v) is 6.76. The minimum absolute atomic E-state index is 0.528. The fraction of sp³-hybridized carbons (Fsp3) is 0.294. The Morgan fingerprint density at radius 3 is 2.47 bits per heavy atom. The van der Waals surface area contributed by atoms with Crippen molar-refractivity contribution in [2.45, 2.75) is 18.9 Å². The Morgan fingerprint density at radius 1 is 1.05 bits per heavy atom. The smallest absolute Gasteiger partial charge is 0.118 e. The molecule has 0 heterocycles. The third-order valence-electron chi connectivity index (χ3n) is 3.99. The van der Waals surface area contributed by atoms with Crippen LogP contribution < -0.4 is 10.1 Å². The molecule has 19 heavy (non-hydrogen) atoms. The molecule has 0 aliphatic heterocycles. The molecule has 0 spiro atoms. The quantitative estimate of drug-likeness (QED) is 0.903. The van der Waals surface area contributed by atoms with E-state index in [0.717, 1.165) is 5.75 Å². The maximum absolute atomic E-state index is 5.20. The Kier molecular flexibility index (Phi) is 3.26. The van der Waals surface area contributed by atoms with Crippen molar-refractivity contribution in [1.29, 1.82) is 0 Å². The normalized spacial score (nSPS) is 17.3. The molecule has 2 aromatic rings. The van der Waals surface area contributed by atoms with Gasteiger partial charge in [0.15, 0.2) is 0 Å². The highest BCUT2D eigenvalue weighted by Crippen LogP contribution is 2.34. The van der Waals surface area contributed by atoms with Gasteiger partial charge in [0, 0.05) is 6.04 Å². The predicted molar refractivity (Wildman–Crippen MR) is 78.6 cm³/mol. The van der Waals surface area contributed by atoms with Crippen molar-refractivity contribution in [3.05, 3.63) is 53.6 Å². The third kappa shape index (κ3) is 2.24. The molecule has 98 valence electrons. The molecule has 1 atom stereocenters. The minimum Gasteiger partial charge on any atom is -0.497 e. The molecule has 0 bridgehead atoms. The van der Waals surface area contributed by atoms with E-state index < -0.39 is 0 Å². The molecule has 0 saturated heterocycles. The number of fused-ring (bicyclic) bond motifs is 1. The number of rotatable bonds is 3. The van der Waals surface area contributed by atoms with Crippen LogP contribution in [0.5, 0.6) is 5.75 Å². The molecule has 2 aromatic carbocycles. The van der Waals surface area contributed by atoms with E-state index in [-0.39, 0.29) is 0 Å². The molecule has 0 aromatic heterocycles. The molecule has 0 fully saturated rings. The number of hydrogen-bond donors (Lipinski definition) is 1. The predicted octanol–water partition coefficient (Wildman–Crippen LogP) is 3.57. The zero-order chi connectivity index (χ0) is 13.2. The largest absolute Gasteiger partial charge is 0.497 e. The van der Waals surface area contributed by atoms with Gasteiger partial charge in [0.05, 0.1) is 7.11 Å². The summed E-state index contributed by atoms with van der Waals surface area (Å²) in [7, 11) is 3.74. The second-order valence-corrected chi connectivity index (χ2v) is 5.02. The zero-order valence-electron chi connectivity index (χ0n) is 11.4. The van der Waals surface area contributed by atoms with Crippen molar-refractivity contribution in [3.63, 3.8) is 0 Å². The monoisotopic (exact) mass is 253 g/mol. The molecular weight excluding hydrogens is 234 g/mol. The van der Waals surface area contributed by atoms with Crippen molar-refractivity contribution < 1.29 is 4.74 Å². The first kappa shape index (κ1) is 12.2. The van der Waals surface area contributed by atoms with Crippen LogP contribution in [0.1, 0.15) is 23.6 Å². The lowest BCUT2D eigenvalue weighted by Gasteiger charge is -2.11. The second-order valence-electron chi connectivity index (χ2n) is 5.02. The van der Waals surface area contributed by atoms with E-state index in [1.54, 1.807) is 7.11 Å². The van der Waals surface area contributed by atoms with Crippen LogP contribution >= 0.6 is 0 Å². The van der Waals surface area contributed by atoms with Gasteiger partial charge < -0.3 is 10.1 Å². The van der Waals surface area contributed by atoms with Crippen LogP contribution in [-0.2, 0) is 6.42 Å². The first-order valence-electron chi connectivity index (χ1n) is 6.76. The summed E-state index contributed by atoms with van der Waals surface area (Å²) in [4.78, 5) is 0. The fourth-order valence-electron chi connectivity index (χ4n) is 2.88. The molecule has 0 saturated carbocycles. The van der Waals surface area contributed by atoms with Crippen molar-refractivity contribution in [2.24, 2.45) is 0 Å². The lowest BCUT2D eigenvalue weighted by molar-refractivity contribution is 0.415. The maximum atomic E-state index is 5.20. The first-order chi connectivity index (χ1) is 9.31. The van der Waals surface area contributed by atoms with Gasteiger partial charge in [-0.2, -0.15) is 0 Å². The summed E-state index contributed by atoms with van der Waals surface area (Å²) in [5.74, 6) is 0.903. The highest BCUT2D eigenvalue weighted by Gasteiger charge is 2.20. The zero-order valence-corrected chi connectivity index (χ0v) is 11.4. The van der Waals surface area contributed by atoms with E-state index in [9.17, 15) is 0 Å². The fourth-order valence-corrected chi connectivity index (χ4v) is 2.88. The molecule has 1 unspecified atom stereocenters. The van der Waals surface area contributed by atoms with Crippen LogP contribution in [-0.4, -0.2) is 14.2 Å². The lowest BCUT2D eigenvalue weighted by Crippen LogP contribution is -2.12. The van der Waals surface area contributed by atoms with E-state index in [0.29, 0.717) is 6.04 Å². The summed E-state index contributed by atoms with van der Waals surface area (Å²) in [6, 6.07) is 15.6. The van der Waals surface area contributed by atoms with Gasteiger partial charge in [-0.1, -0.05) is 30.3 Å². The molecular formula is C17H19NO. The molecule has 3 rings (SSSR count). The van der Waals surface area contributed by atoms with E-state index in [4.69, 9.17) is 4.74 Å². The van der Waals surface area contributed by atoms with E-state index in [1.165, 1.54) is 35.1 Å². The summed E-state index contributed by atoms with van der Waals surface area (Å²) in [6.07, 6.45) is 2.38. The summed E-state index contributed by atoms with van der Waals surface area (Å²) in [5.41, 5.74) is 5.47. The van der Waals surface area contributed by atoms with Gasteiger partial charge in [-0.05, 0) is 54.3 Å². The molecule has 0 amide bonds. The maximum Gasteiger partial charge on any atom is 0.118 e. The van der Waals surface area contributed by atoms with Crippen LogP contribution in [0, 0.1) is 0 Å². The van der Waals surface area contributed by atoms with Crippen LogP contribution in [0.15, 0.2) is 42.5 Å². The van der Waals surface area contributed by atoms with Gasteiger partial charge in [-0.15, -0.1) is 0 Å². The third-order valence-corrected chi connectivity index (χ3v) is 3.99. The number of hydrogen-bond acceptors (Lipinski definition) is 2. The van der Waals surface area contributed by atoms with Crippen molar-refractivity contribution in [2.75, 3.05) is 14.2 Å². The Labute approximate surface area is 114 Å². The van der Waals surface area contributed by atoms with Crippen molar-refractivity contribution >= 4 is 0 Å². The van der Waals surface area contributed by atoms with E-state index >= 15 is 0 Å². The van der Waals surface area contributed by atoms with Crippen molar-refractivity contribution in [3.8, 4) is 16.9 Å². The molecule has 1 N–H and O–H groups in total. The van der Waals surface area contributed by atoms with Gasteiger partial charge in [0.25, 0.3) is 0 Å². The Bertz CT molecular complexity index is 574. The average Bonchev–Trinajstić information content (AvgIpc) is 2.89. The SMILES string of the molecule is CNC1CCc2cc(-c3ccc(OC)cc3)ccc21. The Balaban J connectivity index is 1.94. The minimum atomic E-state index is 0.528. The highest BCUT2D eigenvalue weighted by atomic mass is 16.5. The summed E-state index contributed by atoms with van der Waals surface area (Å²) < 4.78 is 5.20. The Hall–Kier alpha value is -1.80. The van der Waals surface area contributed by atoms with Crippen molar-refractivity contribution in [1.82, 2.24) is 5.32 Å². The number of methoxy groups -OCH3 is 1. The molecule has 2 nitrogen and oxygen atoms in total. The molecule has 0 radical (unpaired) electrons. The number of nitrogens with one attached hydrogen (secondary N) is 1. The molecule has 1 aliphatic rings. The van der Waals surface area contributed by atoms with E-state index in [2.05, 4.69) is 35.6 Å². The summed E-state index contributed by atoms with van der Waals surface area (Å²) in [6.45, 7) is 0. The number of ether oxygens (including phenoxy) is 1. The second kappa shape index (κ2) is 5.06. The van der Waals surface area contributed by atoms with Gasteiger partial charge in [-0.25, -0.2) is 0 Å². The Morgan fingerprint density at radius 2 is 1.79 bits per heavy atom. The number of benzene rings is 2. The van der Waals surface area contributed by atoms with Gasteiger partial charge in [0.1, 0.15) is 5.75 Å². The van der Waals surface area contributed by atoms with Gasteiger partial charge in [0.2, 0.25) is 0 Å². The van der Waals surface area contributed by atoms with Crippen LogP contribution in [0.2, 0.25) is 0 Å². The average molecular weight is 253 g/mol. The van der Waals surface area contributed by atoms with Gasteiger partial charge in [-0.3, -0.25) is 0 Å². The summed E-state index contributed by atoms with van der Waals surface area (Å²) in [5, 5.41) is 3.38. The molecule has 2 heteroatoms. The van der Waals surface area contributed by atoms with E-state index in [1.807, 2.05) is 19.2 Å². The van der Waals surface area contributed by atoms with Gasteiger partial charge >= 0.3 is 0 Å². The number of aryl methyl sites for hydroxylation is 1. The van der Waals surface area contributed by atoms with Crippen LogP contribution in [0.25, 0.3) is 11.1 Å². The lowest BCUT2D eigenvalue weighted by atomic mass is 10.00. The highest BCUT2D eigenvalue weighted by molar-refractivity contribution is 5.66. The van der Waals surface area contributed by atoms with Crippen LogP contribution in [0.3, 0.4) is 0 Å².